The van der Waals surface area contributed by atoms with Gasteiger partial charge in [0.05, 0.1) is 18.6 Å². The topological polar surface area (TPSA) is 51.2 Å². The van der Waals surface area contributed by atoms with Crippen LogP contribution in [0, 0.1) is 12.8 Å². The molecular formula is C10H16N2O. The summed E-state index contributed by atoms with van der Waals surface area (Å²) in [5.74, 6) is 6.25. The molecular weight excluding hydrogens is 164 g/mol. The molecule has 3 nitrogen and oxygen atoms in total. The zero-order chi connectivity index (χ0) is 9.26. The van der Waals surface area contributed by atoms with Crippen LogP contribution in [0.1, 0.15) is 36.4 Å². The Balaban J connectivity index is 2.16. The van der Waals surface area contributed by atoms with Gasteiger partial charge in [0.15, 0.2) is 0 Å². The highest BCUT2D eigenvalue weighted by atomic mass is 16.3. The minimum Gasteiger partial charge on any atom is -0.472 e. The molecule has 0 aromatic carbocycles. The van der Waals surface area contributed by atoms with Crippen LogP contribution in [0.4, 0.5) is 0 Å². The zero-order valence-electron chi connectivity index (χ0n) is 7.92. The van der Waals surface area contributed by atoms with Crippen LogP contribution in [0.5, 0.6) is 0 Å². The van der Waals surface area contributed by atoms with Crippen LogP contribution in [0.2, 0.25) is 0 Å². The molecule has 2 rings (SSSR count). The van der Waals surface area contributed by atoms with Gasteiger partial charge in [0.1, 0.15) is 0 Å². The third-order valence-corrected chi connectivity index (χ3v) is 3.03. The lowest BCUT2D eigenvalue weighted by Crippen LogP contribution is -2.36. The van der Waals surface area contributed by atoms with Crippen LogP contribution >= 0.6 is 0 Å². The van der Waals surface area contributed by atoms with Crippen molar-refractivity contribution >= 4 is 0 Å². The highest BCUT2D eigenvalue weighted by molar-refractivity contribution is 5.24. The largest absolute Gasteiger partial charge is 0.472 e. The molecule has 1 saturated carbocycles. The summed E-state index contributed by atoms with van der Waals surface area (Å²) in [5.41, 5.74) is 5.29. The molecule has 0 amide bonds. The third kappa shape index (κ3) is 1.49. The first-order valence-electron chi connectivity index (χ1n) is 4.81. The molecule has 3 N–H and O–H groups in total. The number of rotatable bonds is 3. The van der Waals surface area contributed by atoms with Gasteiger partial charge >= 0.3 is 0 Å². The van der Waals surface area contributed by atoms with Gasteiger partial charge in [-0.3, -0.25) is 11.3 Å². The average molecular weight is 180 g/mol. The smallest absolute Gasteiger partial charge is 0.0953 e. The van der Waals surface area contributed by atoms with Crippen molar-refractivity contribution in [1.29, 1.82) is 0 Å². The van der Waals surface area contributed by atoms with Gasteiger partial charge in [-0.25, -0.2) is 0 Å². The van der Waals surface area contributed by atoms with Crippen LogP contribution in [0.3, 0.4) is 0 Å². The quantitative estimate of drug-likeness (QED) is 0.551. The summed E-state index contributed by atoms with van der Waals surface area (Å²) in [4.78, 5) is 0. The summed E-state index contributed by atoms with van der Waals surface area (Å²) in [6.45, 7) is 2.06. The van der Waals surface area contributed by atoms with Gasteiger partial charge in [-0.1, -0.05) is 6.42 Å². The molecule has 1 aromatic rings. The molecule has 1 unspecified atom stereocenters. The molecule has 0 saturated heterocycles. The Bertz CT molecular complexity index is 278. The number of hydrogen-bond acceptors (Lipinski definition) is 3. The van der Waals surface area contributed by atoms with Crippen molar-refractivity contribution in [3.8, 4) is 0 Å². The van der Waals surface area contributed by atoms with E-state index in [1.54, 1.807) is 12.5 Å². The fourth-order valence-corrected chi connectivity index (χ4v) is 1.94. The lowest BCUT2D eigenvalue weighted by molar-refractivity contribution is 0.231. The summed E-state index contributed by atoms with van der Waals surface area (Å²) >= 11 is 0. The summed E-state index contributed by atoms with van der Waals surface area (Å²) in [6.07, 6.45) is 7.47. The molecule has 13 heavy (non-hydrogen) atoms. The van der Waals surface area contributed by atoms with E-state index in [0.717, 1.165) is 0 Å². The molecule has 72 valence electrons. The lowest BCUT2D eigenvalue weighted by Gasteiger charge is -2.33. The average Bonchev–Trinajstić information content (AvgIpc) is 2.43. The fraction of sp³-hybridized carbons (Fsp3) is 0.600. The second kappa shape index (κ2) is 3.52. The molecule has 1 aliphatic rings. The van der Waals surface area contributed by atoms with E-state index in [1.165, 1.54) is 30.4 Å². The molecule has 1 aliphatic carbocycles. The standard InChI is InChI=1S/C10H16N2O/c1-7-5-13-6-9(7)10(12-11)8-3-2-4-8/h5-6,8,10,12H,2-4,11H2,1H3. The van der Waals surface area contributed by atoms with Gasteiger partial charge in [0, 0.05) is 5.56 Å². The fourth-order valence-electron chi connectivity index (χ4n) is 1.94. The summed E-state index contributed by atoms with van der Waals surface area (Å²) < 4.78 is 5.15. The Kier molecular flexibility index (Phi) is 2.38. The van der Waals surface area contributed by atoms with E-state index in [2.05, 4.69) is 12.3 Å². The Hall–Kier alpha value is -0.800. The first-order chi connectivity index (χ1) is 6.33. The van der Waals surface area contributed by atoms with E-state index in [1.807, 2.05) is 0 Å². The first kappa shape index (κ1) is 8.78. The van der Waals surface area contributed by atoms with E-state index in [-0.39, 0.29) is 6.04 Å². The Morgan fingerprint density at radius 2 is 2.31 bits per heavy atom. The molecule has 1 heterocycles. The van der Waals surface area contributed by atoms with E-state index in [9.17, 15) is 0 Å². The molecule has 1 fully saturated rings. The van der Waals surface area contributed by atoms with Crippen LogP contribution in [0.25, 0.3) is 0 Å². The number of aryl methyl sites for hydroxylation is 1. The highest BCUT2D eigenvalue weighted by Gasteiger charge is 2.29. The molecule has 0 spiro atoms. The van der Waals surface area contributed by atoms with Crippen molar-refractivity contribution in [2.45, 2.75) is 32.2 Å². The van der Waals surface area contributed by atoms with Gasteiger partial charge in [0.25, 0.3) is 0 Å². The Morgan fingerprint density at radius 1 is 1.54 bits per heavy atom. The van der Waals surface area contributed by atoms with Gasteiger partial charge in [-0.2, -0.15) is 0 Å². The molecule has 0 radical (unpaired) electrons. The van der Waals surface area contributed by atoms with Crippen molar-refractivity contribution in [3.05, 3.63) is 23.7 Å². The maximum Gasteiger partial charge on any atom is 0.0953 e. The third-order valence-electron chi connectivity index (χ3n) is 3.03. The van der Waals surface area contributed by atoms with Crippen molar-refractivity contribution in [1.82, 2.24) is 5.43 Å². The summed E-state index contributed by atoms with van der Waals surface area (Å²) in [7, 11) is 0. The predicted octanol–water partition coefficient (Wildman–Crippen LogP) is 1.89. The second-order valence-electron chi connectivity index (χ2n) is 3.85. The first-order valence-corrected chi connectivity index (χ1v) is 4.81. The summed E-state index contributed by atoms with van der Waals surface area (Å²) in [6, 6.07) is 0.285. The van der Waals surface area contributed by atoms with Crippen molar-refractivity contribution in [3.63, 3.8) is 0 Å². The van der Waals surface area contributed by atoms with E-state index in [0.29, 0.717) is 5.92 Å². The van der Waals surface area contributed by atoms with Gasteiger partial charge in [-0.05, 0) is 31.2 Å². The highest BCUT2D eigenvalue weighted by Crippen LogP contribution is 2.38. The van der Waals surface area contributed by atoms with Crippen molar-refractivity contribution in [2.24, 2.45) is 11.8 Å². The molecule has 1 aromatic heterocycles. The van der Waals surface area contributed by atoms with E-state index in [4.69, 9.17) is 10.3 Å². The SMILES string of the molecule is Cc1cocc1C(NN)C1CCC1. The molecule has 0 aliphatic heterocycles. The maximum absolute atomic E-state index is 5.55. The Labute approximate surface area is 78.3 Å². The van der Waals surface area contributed by atoms with Crippen LogP contribution in [0.15, 0.2) is 16.9 Å². The van der Waals surface area contributed by atoms with Crippen LogP contribution in [-0.4, -0.2) is 0 Å². The minimum atomic E-state index is 0.285. The molecule has 0 bridgehead atoms. The molecule has 3 heteroatoms. The minimum absolute atomic E-state index is 0.285. The van der Waals surface area contributed by atoms with Gasteiger partial charge in [0.2, 0.25) is 0 Å². The lowest BCUT2D eigenvalue weighted by atomic mass is 9.77. The number of hydrogen-bond donors (Lipinski definition) is 2. The maximum atomic E-state index is 5.55. The molecule has 1 atom stereocenters. The zero-order valence-corrected chi connectivity index (χ0v) is 7.92. The summed E-state index contributed by atoms with van der Waals surface area (Å²) in [5, 5.41) is 0. The van der Waals surface area contributed by atoms with E-state index >= 15 is 0 Å². The number of furan rings is 1. The number of nitrogens with one attached hydrogen (secondary N) is 1. The van der Waals surface area contributed by atoms with Crippen molar-refractivity contribution < 1.29 is 4.42 Å². The van der Waals surface area contributed by atoms with Crippen LogP contribution in [-0.2, 0) is 0 Å². The van der Waals surface area contributed by atoms with Crippen molar-refractivity contribution in [2.75, 3.05) is 0 Å². The van der Waals surface area contributed by atoms with Crippen LogP contribution < -0.4 is 11.3 Å². The number of nitrogens with two attached hydrogens (primary N) is 1. The second-order valence-corrected chi connectivity index (χ2v) is 3.85. The monoisotopic (exact) mass is 180 g/mol. The van der Waals surface area contributed by atoms with E-state index < -0.39 is 0 Å². The Morgan fingerprint density at radius 3 is 2.69 bits per heavy atom. The number of hydrazine groups is 1. The predicted molar refractivity (Wildman–Crippen MR) is 50.9 cm³/mol. The normalized spacial score (nSPS) is 19.8. The van der Waals surface area contributed by atoms with Gasteiger partial charge in [-0.15, -0.1) is 0 Å². The van der Waals surface area contributed by atoms with Gasteiger partial charge < -0.3 is 4.42 Å².